The van der Waals surface area contributed by atoms with Gasteiger partial charge in [-0.15, -0.1) is 0 Å². The molecule has 160 valence electrons. The van der Waals surface area contributed by atoms with Crippen LogP contribution < -0.4 is 5.73 Å². The molecule has 1 unspecified atom stereocenters. The molecule has 0 saturated heterocycles. The number of aromatic nitrogens is 1. The second-order valence-electron chi connectivity index (χ2n) is 7.79. The summed E-state index contributed by atoms with van der Waals surface area (Å²) in [4.78, 5) is 28.9. The predicted molar refractivity (Wildman–Crippen MR) is 116 cm³/mol. The third-order valence-corrected chi connectivity index (χ3v) is 6.20. The van der Waals surface area contributed by atoms with Gasteiger partial charge in [-0.25, -0.2) is 8.78 Å². The second kappa shape index (κ2) is 7.65. The Labute approximate surface area is 178 Å². The molecule has 1 aliphatic rings. The lowest BCUT2D eigenvalue weighted by atomic mass is 9.85. The zero-order valence-electron chi connectivity index (χ0n) is 17.4. The Morgan fingerprint density at radius 2 is 2.13 bits per heavy atom. The number of hydrogen-bond donors (Lipinski definition) is 2. The van der Waals surface area contributed by atoms with Gasteiger partial charge < -0.3 is 15.6 Å². The van der Waals surface area contributed by atoms with E-state index in [-0.39, 0.29) is 23.1 Å². The van der Waals surface area contributed by atoms with Crippen molar-refractivity contribution in [1.82, 2.24) is 9.88 Å². The number of nitrogens with one attached hydrogen (secondary N) is 1. The number of nitrogens with zero attached hydrogens (tertiary/aromatic N) is 1. The molecular formula is C24H23F2N3O2. The van der Waals surface area contributed by atoms with Crippen molar-refractivity contribution in [1.29, 1.82) is 0 Å². The average molecular weight is 423 g/mol. The van der Waals surface area contributed by atoms with Crippen LogP contribution in [0.4, 0.5) is 8.78 Å². The van der Waals surface area contributed by atoms with E-state index in [4.69, 9.17) is 5.73 Å². The summed E-state index contributed by atoms with van der Waals surface area (Å²) in [5, 5.41) is 0.333. The Morgan fingerprint density at radius 1 is 1.39 bits per heavy atom. The van der Waals surface area contributed by atoms with Crippen molar-refractivity contribution in [2.24, 2.45) is 5.73 Å². The highest BCUT2D eigenvalue weighted by molar-refractivity contribution is 6.11. The minimum absolute atomic E-state index is 0.0139. The van der Waals surface area contributed by atoms with Crippen molar-refractivity contribution in [2.45, 2.75) is 33.0 Å². The second-order valence-corrected chi connectivity index (χ2v) is 7.79. The largest absolute Gasteiger partial charge is 0.366 e. The van der Waals surface area contributed by atoms with Crippen LogP contribution in [-0.4, -0.2) is 28.2 Å². The quantitative estimate of drug-likeness (QED) is 0.607. The van der Waals surface area contributed by atoms with E-state index < -0.39 is 18.4 Å². The molecule has 1 aromatic heterocycles. The fourth-order valence-corrected chi connectivity index (χ4v) is 4.68. The van der Waals surface area contributed by atoms with Crippen molar-refractivity contribution in [2.75, 3.05) is 6.54 Å². The lowest BCUT2D eigenvalue weighted by molar-refractivity contribution is -0.128. The molecule has 0 spiro atoms. The van der Waals surface area contributed by atoms with Crippen LogP contribution in [0.5, 0.6) is 0 Å². The number of benzene rings is 2. The first-order chi connectivity index (χ1) is 14.8. The molecule has 4 rings (SSSR count). The number of alkyl halides is 1. The van der Waals surface area contributed by atoms with Crippen LogP contribution in [-0.2, 0) is 17.9 Å². The number of nitrogens with two attached hydrogens (primary N) is 1. The lowest BCUT2D eigenvalue weighted by Gasteiger charge is -2.35. The number of halogens is 2. The number of fused-ring (bicyclic) bond motifs is 2. The first kappa shape index (κ1) is 20.8. The van der Waals surface area contributed by atoms with Gasteiger partial charge in [0.05, 0.1) is 17.1 Å². The van der Waals surface area contributed by atoms with Crippen LogP contribution in [0, 0.1) is 12.7 Å². The van der Waals surface area contributed by atoms with E-state index in [0.717, 1.165) is 17.2 Å². The highest BCUT2D eigenvalue weighted by Crippen LogP contribution is 2.42. The van der Waals surface area contributed by atoms with Gasteiger partial charge >= 0.3 is 0 Å². The number of carbonyl (C=O) groups is 2. The fourth-order valence-electron chi connectivity index (χ4n) is 4.68. The molecule has 0 bridgehead atoms. The first-order valence-corrected chi connectivity index (χ1v) is 10.0. The Balaban J connectivity index is 2.02. The van der Waals surface area contributed by atoms with E-state index in [1.54, 1.807) is 24.0 Å². The molecule has 1 aliphatic heterocycles. The Hall–Kier alpha value is -3.48. The van der Waals surface area contributed by atoms with Gasteiger partial charge in [0, 0.05) is 28.8 Å². The predicted octanol–water partition coefficient (Wildman–Crippen LogP) is 4.48. The maximum atomic E-state index is 15.5. The number of hydrogen-bond acceptors (Lipinski definition) is 2. The normalized spacial score (nSPS) is 15.7. The number of carbonyl (C=O) groups excluding carboxylic acids is 2. The number of rotatable bonds is 4. The SMILES string of the molecule is C=CC(=O)N1CCc2c(-c3c(F)cc(C(N)=O)c4[nH]c(C)c(CF)c34)cccc2C1C. The molecule has 31 heavy (non-hydrogen) atoms. The summed E-state index contributed by atoms with van der Waals surface area (Å²) in [6.45, 7) is 6.81. The van der Waals surface area contributed by atoms with Gasteiger partial charge in [0.2, 0.25) is 5.91 Å². The molecular weight excluding hydrogens is 400 g/mol. The standard InChI is InChI=1S/C24H23F2N3O2/c1-4-20(30)29-9-8-15-14(13(29)3)6-5-7-16(15)21-19(26)10-17(24(27)31)23-22(21)18(11-25)12(2)28-23/h4-7,10,13,28H,1,8-9,11H2,2-3H3,(H2,27,31). The Bertz CT molecular complexity index is 1250. The zero-order valence-corrected chi connectivity index (χ0v) is 17.4. The third-order valence-electron chi connectivity index (χ3n) is 6.20. The maximum absolute atomic E-state index is 15.5. The number of aryl methyl sites for hydroxylation is 1. The topological polar surface area (TPSA) is 79.2 Å². The number of amides is 2. The van der Waals surface area contributed by atoms with Gasteiger partial charge in [0.15, 0.2) is 0 Å². The van der Waals surface area contributed by atoms with Gasteiger partial charge in [-0.2, -0.15) is 0 Å². The van der Waals surface area contributed by atoms with Gasteiger partial charge in [-0.3, -0.25) is 9.59 Å². The monoisotopic (exact) mass is 423 g/mol. The maximum Gasteiger partial charge on any atom is 0.250 e. The van der Waals surface area contributed by atoms with E-state index in [0.29, 0.717) is 40.7 Å². The van der Waals surface area contributed by atoms with Gasteiger partial charge in [0.1, 0.15) is 12.5 Å². The van der Waals surface area contributed by atoms with E-state index in [1.165, 1.54) is 6.08 Å². The Morgan fingerprint density at radius 3 is 2.77 bits per heavy atom. The summed E-state index contributed by atoms with van der Waals surface area (Å²) >= 11 is 0. The molecule has 7 heteroatoms. The van der Waals surface area contributed by atoms with Gasteiger partial charge in [-0.05, 0) is 49.1 Å². The molecule has 0 aliphatic carbocycles. The summed E-state index contributed by atoms with van der Waals surface area (Å²) in [5.41, 5.74) is 9.27. The first-order valence-electron chi connectivity index (χ1n) is 10.0. The number of H-pyrrole nitrogens is 1. The zero-order chi connectivity index (χ0) is 22.4. The molecule has 5 nitrogen and oxygen atoms in total. The van der Waals surface area contributed by atoms with Crippen molar-refractivity contribution in [3.63, 3.8) is 0 Å². The van der Waals surface area contributed by atoms with Crippen molar-refractivity contribution < 1.29 is 18.4 Å². The smallest absolute Gasteiger partial charge is 0.250 e. The molecule has 0 radical (unpaired) electrons. The van der Waals surface area contributed by atoms with Crippen molar-refractivity contribution in [3.8, 4) is 11.1 Å². The lowest BCUT2D eigenvalue weighted by Crippen LogP contribution is -2.38. The summed E-state index contributed by atoms with van der Waals surface area (Å²) in [7, 11) is 0. The van der Waals surface area contributed by atoms with Crippen LogP contribution in [0.25, 0.3) is 22.0 Å². The van der Waals surface area contributed by atoms with E-state index in [1.807, 2.05) is 13.0 Å². The van der Waals surface area contributed by atoms with E-state index >= 15 is 4.39 Å². The van der Waals surface area contributed by atoms with E-state index in [9.17, 15) is 14.0 Å². The van der Waals surface area contributed by atoms with Crippen LogP contribution in [0.1, 0.15) is 45.7 Å². The molecule has 2 heterocycles. The van der Waals surface area contributed by atoms with Crippen LogP contribution in [0.15, 0.2) is 36.9 Å². The molecule has 2 amide bonds. The minimum Gasteiger partial charge on any atom is -0.366 e. The van der Waals surface area contributed by atoms with Crippen LogP contribution in [0.2, 0.25) is 0 Å². The summed E-state index contributed by atoms with van der Waals surface area (Å²) in [5.74, 6) is -1.59. The third kappa shape index (κ3) is 3.12. The van der Waals surface area contributed by atoms with E-state index in [2.05, 4.69) is 11.6 Å². The molecule has 1 atom stereocenters. The molecule has 3 aromatic rings. The van der Waals surface area contributed by atoms with Gasteiger partial charge in [-0.1, -0.05) is 24.8 Å². The molecule has 3 N–H and O–H groups in total. The van der Waals surface area contributed by atoms with Crippen molar-refractivity contribution in [3.05, 3.63) is 70.7 Å². The summed E-state index contributed by atoms with van der Waals surface area (Å²) in [6, 6.07) is 6.40. The number of aromatic amines is 1. The minimum atomic E-state index is -0.812. The molecule has 2 aromatic carbocycles. The number of primary amides is 1. The van der Waals surface area contributed by atoms with Crippen molar-refractivity contribution >= 4 is 22.7 Å². The summed E-state index contributed by atoms with van der Waals surface area (Å²) in [6.07, 6.45) is 1.80. The van der Waals surface area contributed by atoms with Crippen LogP contribution in [0.3, 0.4) is 0 Å². The fraction of sp³-hybridized carbons (Fsp3) is 0.250. The highest BCUT2D eigenvalue weighted by Gasteiger charge is 2.30. The molecule has 0 saturated carbocycles. The average Bonchev–Trinajstić information content (AvgIpc) is 3.08. The highest BCUT2D eigenvalue weighted by atomic mass is 19.1. The van der Waals surface area contributed by atoms with Gasteiger partial charge in [0.25, 0.3) is 5.91 Å². The summed E-state index contributed by atoms with van der Waals surface area (Å²) < 4.78 is 29.4. The van der Waals surface area contributed by atoms with Crippen LogP contribution >= 0.6 is 0 Å². The molecule has 0 fully saturated rings. The Kier molecular flexibility index (Phi) is 5.13.